The van der Waals surface area contributed by atoms with E-state index in [2.05, 4.69) is 12.2 Å². The normalized spacial score (nSPS) is 17.0. The number of hydrogen-bond donors (Lipinski definition) is 2. The zero-order chi connectivity index (χ0) is 12.0. The average molecular weight is 243 g/mol. The lowest BCUT2D eigenvalue weighted by atomic mass is 9.99. The molecule has 1 aromatic rings. The molecular formula is C12H21NO2S. The van der Waals surface area contributed by atoms with Crippen molar-refractivity contribution in [3.63, 3.8) is 0 Å². The van der Waals surface area contributed by atoms with Crippen LogP contribution in [0.15, 0.2) is 16.8 Å². The van der Waals surface area contributed by atoms with Gasteiger partial charge in [0.1, 0.15) is 0 Å². The van der Waals surface area contributed by atoms with Gasteiger partial charge >= 0.3 is 0 Å². The van der Waals surface area contributed by atoms with Gasteiger partial charge < -0.3 is 15.2 Å². The molecule has 0 aromatic carbocycles. The number of hydrogen-bond acceptors (Lipinski definition) is 4. The molecule has 0 saturated heterocycles. The van der Waals surface area contributed by atoms with Gasteiger partial charge in [-0.1, -0.05) is 0 Å². The summed E-state index contributed by atoms with van der Waals surface area (Å²) >= 11 is 1.61. The standard InChI is InChI=1S/C12H21NO2S/c1-10(4-6-15-3)13-9-12(2,14)11-5-7-16-8-11/h5,7-8,10,13-14H,4,6,9H2,1-3H3. The first kappa shape index (κ1) is 13.6. The lowest BCUT2D eigenvalue weighted by molar-refractivity contribution is 0.0533. The molecule has 0 spiro atoms. The van der Waals surface area contributed by atoms with Crippen molar-refractivity contribution in [2.24, 2.45) is 0 Å². The Labute approximate surface area is 101 Å². The van der Waals surface area contributed by atoms with Crippen molar-refractivity contribution in [3.8, 4) is 0 Å². The quantitative estimate of drug-likeness (QED) is 0.769. The summed E-state index contributed by atoms with van der Waals surface area (Å²) in [7, 11) is 1.70. The topological polar surface area (TPSA) is 41.5 Å². The molecule has 0 amide bonds. The fourth-order valence-corrected chi connectivity index (χ4v) is 2.23. The summed E-state index contributed by atoms with van der Waals surface area (Å²) in [6.45, 7) is 5.25. The highest BCUT2D eigenvalue weighted by Gasteiger charge is 2.23. The van der Waals surface area contributed by atoms with Crippen LogP contribution in [0.1, 0.15) is 25.8 Å². The summed E-state index contributed by atoms with van der Waals surface area (Å²) in [4.78, 5) is 0. The SMILES string of the molecule is COCCC(C)NCC(C)(O)c1ccsc1. The van der Waals surface area contributed by atoms with E-state index in [0.717, 1.165) is 18.6 Å². The van der Waals surface area contributed by atoms with Gasteiger partial charge in [-0.15, -0.1) is 0 Å². The van der Waals surface area contributed by atoms with Gasteiger partial charge in [-0.2, -0.15) is 11.3 Å². The molecule has 0 aliphatic carbocycles. The van der Waals surface area contributed by atoms with E-state index in [0.29, 0.717) is 12.6 Å². The molecule has 2 unspecified atom stereocenters. The average Bonchev–Trinajstić information content (AvgIpc) is 2.77. The largest absolute Gasteiger partial charge is 0.385 e. The van der Waals surface area contributed by atoms with Crippen LogP contribution in [-0.4, -0.2) is 31.4 Å². The molecule has 16 heavy (non-hydrogen) atoms. The first-order valence-electron chi connectivity index (χ1n) is 5.53. The fourth-order valence-electron chi connectivity index (χ4n) is 1.44. The highest BCUT2D eigenvalue weighted by Crippen LogP contribution is 2.22. The van der Waals surface area contributed by atoms with E-state index in [1.807, 2.05) is 23.8 Å². The molecule has 1 aromatic heterocycles. The van der Waals surface area contributed by atoms with E-state index in [9.17, 15) is 5.11 Å². The minimum Gasteiger partial charge on any atom is -0.385 e. The number of nitrogens with one attached hydrogen (secondary N) is 1. The van der Waals surface area contributed by atoms with Gasteiger partial charge in [-0.25, -0.2) is 0 Å². The Hall–Kier alpha value is -0.420. The van der Waals surface area contributed by atoms with Crippen molar-refractivity contribution in [3.05, 3.63) is 22.4 Å². The molecule has 0 aliphatic heterocycles. The Balaban J connectivity index is 2.36. The minimum absolute atomic E-state index is 0.352. The predicted octanol–water partition coefficient (Wildman–Crippen LogP) is 1.97. The van der Waals surface area contributed by atoms with E-state index in [1.54, 1.807) is 18.4 Å². The summed E-state index contributed by atoms with van der Waals surface area (Å²) in [5.74, 6) is 0. The van der Waals surface area contributed by atoms with Crippen molar-refractivity contribution in [1.82, 2.24) is 5.32 Å². The molecule has 3 nitrogen and oxygen atoms in total. The van der Waals surface area contributed by atoms with Crippen molar-refractivity contribution < 1.29 is 9.84 Å². The van der Waals surface area contributed by atoms with E-state index in [1.165, 1.54) is 0 Å². The molecule has 92 valence electrons. The molecule has 0 aliphatic rings. The van der Waals surface area contributed by atoms with Gasteiger partial charge in [0.05, 0.1) is 5.60 Å². The number of methoxy groups -OCH3 is 1. The number of thiophene rings is 1. The highest BCUT2D eigenvalue weighted by molar-refractivity contribution is 7.08. The van der Waals surface area contributed by atoms with E-state index >= 15 is 0 Å². The van der Waals surface area contributed by atoms with E-state index in [4.69, 9.17) is 4.74 Å². The molecular weight excluding hydrogens is 222 g/mol. The zero-order valence-electron chi connectivity index (χ0n) is 10.2. The summed E-state index contributed by atoms with van der Waals surface area (Å²) in [6.07, 6.45) is 0.955. The molecule has 2 atom stereocenters. The summed E-state index contributed by atoms with van der Waals surface area (Å²) < 4.78 is 5.02. The van der Waals surface area contributed by atoms with Crippen LogP contribution in [-0.2, 0) is 10.3 Å². The first-order valence-corrected chi connectivity index (χ1v) is 6.48. The maximum absolute atomic E-state index is 10.3. The summed E-state index contributed by atoms with van der Waals surface area (Å²) in [5, 5.41) is 17.6. The summed E-state index contributed by atoms with van der Waals surface area (Å²) in [5.41, 5.74) is 0.186. The Morgan fingerprint density at radius 2 is 2.38 bits per heavy atom. The van der Waals surface area contributed by atoms with Crippen LogP contribution in [0.5, 0.6) is 0 Å². The molecule has 1 heterocycles. The molecule has 1 rings (SSSR count). The van der Waals surface area contributed by atoms with Crippen LogP contribution in [0, 0.1) is 0 Å². The maximum atomic E-state index is 10.3. The highest BCUT2D eigenvalue weighted by atomic mass is 32.1. The minimum atomic E-state index is -0.790. The Bertz CT molecular complexity index is 285. The van der Waals surface area contributed by atoms with Crippen LogP contribution in [0.25, 0.3) is 0 Å². The number of rotatable bonds is 7. The van der Waals surface area contributed by atoms with Crippen LogP contribution in [0.3, 0.4) is 0 Å². The molecule has 0 fully saturated rings. The van der Waals surface area contributed by atoms with E-state index < -0.39 is 5.60 Å². The van der Waals surface area contributed by atoms with Gasteiger partial charge in [0.2, 0.25) is 0 Å². The van der Waals surface area contributed by atoms with E-state index in [-0.39, 0.29) is 0 Å². The fraction of sp³-hybridized carbons (Fsp3) is 0.667. The predicted molar refractivity (Wildman–Crippen MR) is 67.8 cm³/mol. The zero-order valence-corrected chi connectivity index (χ0v) is 11.0. The van der Waals surface area contributed by atoms with Crippen molar-refractivity contribution >= 4 is 11.3 Å². The second-order valence-corrected chi connectivity index (χ2v) is 5.13. The monoisotopic (exact) mass is 243 g/mol. The second-order valence-electron chi connectivity index (χ2n) is 4.35. The lowest BCUT2D eigenvalue weighted by Crippen LogP contribution is -2.39. The third-order valence-electron chi connectivity index (χ3n) is 2.69. The van der Waals surface area contributed by atoms with Gasteiger partial charge in [0, 0.05) is 26.3 Å². The van der Waals surface area contributed by atoms with Gasteiger partial charge in [0.25, 0.3) is 0 Å². The lowest BCUT2D eigenvalue weighted by Gasteiger charge is -2.25. The van der Waals surface area contributed by atoms with Crippen LogP contribution >= 0.6 is 11.3 Å². The van der Waals surface area contributed by atoms with Crippen molar-refractivity contribution in [2.45, 2.75) is 31.9 Å². The molecule has 4 heteroatoms. The molecule has 0 saturated carbocycles. The maximum Gasteiger partial charge on any atom is 0.1000 e. The molecule has 0 radical (unpaired) electrons. The Kier molecular flexibility index (Phi) is 5.41. The Morgan fingerprint density at radius 3 is 2.94 bits per heavy atom. The van der Waals surface area contributed by atoms with Gasteiger partial charge in [0.15, 0.2) is 0 Å². The Morgan fingerprint density at radius 1 is 1.62 bits per heavy atom. The number of aliphatic hydroxyl groups is 1. The second kappa shape index (κ2) is 6.35. The molecule has 0 bridgehead atoms. The first-order chi connectivity index (χ1) is 7.56. The van der Waals surface area contributed by atoms with Crippen molar-refractivity contribution in [1.29, 1.82) is 0 Å². The van der Waals surface area contributed by atoms with Crippen LogP contribution in [0.4, 0.5) is 0 Å². The summed E-state index contributed by atoms with van der Waals surface area (Å²) in [6, 6.07) is 2.32. The van der Waals surface area contributed by atoms with Gasteiger partial charge in [-0.3, -0.25) is 0 Å². The third-order valence-corrected chi connectivity index (χ3v) is 3.38. The van der Waals surface area contributed by atoms with Gasteiger partial charge in [-0.05, 0) is 42.7 Å². The smallest absolute Gasteiger partial charge is 0.1000 e. The number of ether oxygens (including phenoxy) is 1. The molecule has 2 N–H and O–H groups in total. The van der Waals surface area contributed by atoms with Crippen molar-refractivity contribution in [2.75, 3.05) is 20.3 Å². The van der Waals surface area contributed by atoms with Crippen LogP contribution < -0.4 is 5.32 Å². The third kappa shape index (κ3) is 4.22. The van der Waals surface area contributed by atoms with Crippen LogP contribution in [0.2, 0.25) is 0 Å².